The molecule has 2 heterocycles. The fourth-order valence-electron chi connectivity index (χ4n) is 4.15. The van der Waals surface area contributed by atoms with E-state index in [2.05, 4.69) is 10.4 Å². The zero-order valence-electron chi connectivity index (χ0n) is 18.8. The Morgan fingerprint density at radius 1 is 1.16 bits per heavy atom. The van der Waals surface area contributed by atoms with E-state index in [4.69, 9.17) is 18.6 Å². The summed E-state index contributed by atoms with van der Waals surface area (Å²) in [7, 11) is 6.57. The van der Waals surface area contributed by atoms with Crippen LogP contribution in [0.25, 0.3) is 0 Å². The number of ether oxygens (including phenoxy) is 3. The van der Waals surface area contributed by atoms with Gasteiger partial charge in [-0.05, 0) is 37.0 Å². The van der Waals surface area contributed by atoms with Crippen molar-refractivity contribution in [2.75, 3.05) is 26.6 Å². The minimum Gasteiger partial charge on any atom is -0.493 e. The lowest BCUT2D eigenvalue weighted by Gasteiger charge is -2.22. The van der Waals surface area contributed by atoms with Crippen molar-refractivity contribution in [3.05, 3.63) is 53.2 Å². The van der Waals surface area contributed by atoms with Crippen molar-refractivity contribution in [3.63, 3.8) is 0 Å². The van der Waals surface area contributed by atoms with Crippen LogP contribution in [0, 0.1) is 0 Å². The first kappa shape index (κ1) is 21.6. The lowest BCUT2D eigenvalue weighted by molar-refractivity contribution is 0.200. The van der Waals surface area contributed by atoms with Gasteiger partial charge in [0.2, 0.25) is 5.75 Å². The van der Waals surface area contributed by atoms with E-state index < -0.39 is 0 Å². The molecular formula is C23H28N4O5. The molecule has 0 fully saturated rings. The Labute approximate surface area is 186 Å². The normalized spacial score (nSPS) is 12.4. The number of aromatic nitrogens is 2. The average Bonchev–Trinajstić information content (AvgIpc) is 3.53. The lowest BCUT2D eigenvalue weighted by Crippen LogP contribution is -2.34. The third-order valence-electron chi connectivity index (χ3n) is 5.67. The van der Waals surface area contributed by atoms with Gasteiger partial charge in [-0.15, -0.1) is 0 Å². The summed E-state index contributed by atoms with van der Waals surface area (Å²) in [5.74, 6) is 2.08. The summed E-state index contributed by atoms with van der Waals surface area (Å²) in [4.78, 5) is 15.0. The molecule has 2 aromatic heterocycles. The van der Waals surface area contributed by atoms with Crippen molar-refractivity contribution in [1.29, 1.82) is 0 Å². The Bertz CT molecular complexity index is 1070. The Morgan fingerprint density at radius 3 is 2.53 bits per heavy atom. The molecule has 0 saturated carbocycles. The van der Waals surface area contributed by atoms with Gasteiger partial charge in [0.25, 0.3) is 0 Å². The van der Waals surface area contributed by atoms with Crippen LogP contribution in [0.1, 0.15) is 29.1 Å². The number of hydrogen-bond donors (Lipinski definition) is 1. The van der Waals surface area contributed by atoms with Crippen LogP contribution in [0.5, 0.6) is 17.2 Å². The second-order valence-electron chi connectivity index (χ2n) is 7.63. The van der Waals surface area contributed by atoms with Crippen LogP contribution in [0.2, 0.25) is 0 Å². The Kier molecular flexibility index (Phi) is 6.25. The molecule has 1 aliphatic carbocycles. The van der Waals surface area contributed by atoms with Crippen molar-refractivity contribution in [2.45, 2.75) is 32.4 Å². The number of aryl methyl sites for hydroxylation is 1. The van der Waals surface area contributed by atoms with Crippen molar-refractivity contribution < 1.29 is 23.4 Å². The maximum atomic E-state index is 13.3. The Balaban J connectivity index is 1.60. The third-order valence-corrected chi connectivity index (χ3v) is 5.67. The van der Waals surface area contributed by atoms with E-state index in [0.717, 1.165) is 25.0 Å². The van der Waals surface area contributed by atoms with Gasteiger partial charge in [-0.25, -0.2) is 4.79 Å². The molecule has 0 radical (unpaired) electrons. The van der Waals surface area contributed by atoms with Crippen LogP contribution in [-0.2, 0) is 33.0 Å². The minimum absolute atomic E-state index is 0.284. The standard InChI is InChI=1S/C23H28N4O5/c1-26-19-9-5-8-17(19)18(25-26)14-27(13-16-7-6-10-32-16)23(28)24-15-11-20(29-2)22(31-4)21(12-15)30-3/h6-7,10-12H,5,8-9,13-14H2,1-4H3,(H,24,28). The summed E-state index contributed by atoms with van der Waals surface area (Å²) in [6, 6.07) is 6.77. The molecule has 2 amide bonds. The van der Waals surface area contributed by atoms with Crippen LogP contribution >= 0.6 is 0 Å². The maximum absolute atomic E-state index is 13.3. The molecule has 1 aromatic carbocycles. The molecule has 32 heavy (non-hydrogen) atoms. The van der Waals surface area contributed by atoms with Gasteiger partial charge in [0.15, 0.2) is 11.5 Å². The van der Waals surface area contributed by atoms with Crippen LogP contribution in [-0.4, -0.2) is 42.0 Å². The van der Waals surface area contributed by atoms with Crippen molar-refractivity contribution in [2.24, 2.45) is 7.05 Å². The molecule has 0 bridgehead atoms. The number of carbonyl (C=O) groups is 1. The van der Waals surface area contributed by atoms with Gasteiger partial charge >= 0.3 is 6.03 Å². The van der Waals surface area contributed by atoms with Crippen LogP contribution < -0.4 is 19.5 Å². The van der Waals surface area contributed by atoms with Gasteiger partial charge in [-0.3, -0.25) is 4.68 Å². The van der Waals surface area contributed by atoms with E-state index >= 15 is 0 Å². The van der Waals surface area contributed by atoms with Gasteiger partial charge in [0, 0.05) is 24.9 Å². The molecule has 4 rings (SSSR count). The first-order valence-electron chi connectivity index (χ1n) is 10.5. The molecule has 0 saturated heterocycles. The summed E-state index contributed by atoms with van der Waals surface area (Å²) in [6.07, 6.45) is 4.73. The highest BCUT2D eigenvalue weighted by Gasteiger charge is 2.25. The molecule has 9 heteroatoms. The predicted molar refractivity (Wildman–Crippen MR) is 118 cm³/mol. The largest absolute Gasteiger partial charge is 0.493 e. The highest BCUT2D eigenvalue weighted by Crippen LogP contribution is 2.40. The predicted octanol–water partition coefficient (Wildman–Crippen LogP) is 3.76. The SMILES string of the molecule is COc1cc(NC(=O)N(Cc2ccco2)Cc2nn(C)c3c2CCC3)cc(OC)c1OC. The molecule has 1 N–H and O–H groups in total. The van der Waals surface area contributed by atoms with E-state index in [-0.39, 0.29) is 6.03 Å². The summed E-state index contributed by atoms with van der Waals surface area (Å²) >= 11 is 0. The molecule has 0 unspecified atom stereocenters. The van der Waals surface area contributed by atoms with Gasteiger partial charge < -0.3 is 28.8 Å². The summed E-state index contributed by atoms with van der Waals surface area (Å²) in [6.45, 7) is 0.689. The van der Waals surface area contributed by atoms with Gasteiger partial charge in [0.05, 0.1) is 52.1 Å². The second-order valence-corrected chi connectivity index (χ2v) is 7.63. The number of hydrogen-bond acceptors (Lipinski definition) is 6. The topological polar surface area (TPSA) is 91.0 Å². The Hall–Kier alpha value is -3.62. The first-order valence-corrected chi connectivity index (χ1v) is 10.5. The molecule has 0 atom stereocenters. The number of nitrogens with zero attached hydrogens (tertiary/aromatic N) is 3. The molecule has 1 aliphatic rings. The molecule has 3 aromatic rings. The van der Waals surface area contributed by atoms with Crippen molar-refractivity contribution in [3.8, 4) is 17.2 Å². The van der Waals surface area contributed by atoms with E-state index in [1.54, 1.807) is 23.3 Å². The van der Waals surface area contributed by atoms with Crippen molar-refractivity contribution in [1.82, 2.24) is 14.7 Å². The van der Waals surface area contributed by atoms with E-state index in [9.17, 15) is 4.79 Å². The highest BCUT2D eigenvalue weighted by atomic mass is 16.5. The first-order chi connectivity index (χ1) is 15.5. The molecule has 9 nitrogen and oxygen atoms in total. The molecular weight excluding hydrogens is 412 g/mol. The number of nitrogens with one attached hydrogen (secondary N) is 1. The number of carbonyl (C=O) groups excluding carboxylic acids is 1. The van der Waals surface area contributed by atoms with Gasteiger partial charge in [0.1, 0.15) is 5.76 Å². The fourth-order valence-corrected chi connectivity index (χ4v) is 4.15. The molecule has 170 valence electrons. The maximum Gasteiger partial charge on any atom is 0.322 e. The number of amides is 2. The highest BCUT2D eigenvalue weighted by molar-refractivity contribution is 5.90. The fraction of sp³-hybridized carbons (Fsp3) is 0.391. The zero-order chi connectivity index (χ0) is 22.7. The quantitative estimate of drug-likeness (QED) is 0.574. The van der Waals surface area contributed by atoms with Crippen LogP contribution in [0.3, 0.4) is 0 Å². The number of benzene rings is 1. The van der Waals surface area contributed by atoms with Gasteiger partial charge in [-0.2, -0.15) is 5.10 Å². The smallest absolute Gasteiger partial charge is 0.322 e. The van der Waals surface area contributed by atoms with Gasteiger partial charge in [-0.1, -0.05) is 0 Å². The van der Waals surface area contributed by atoms with Crippen molar-refractivity contribution >= 4 is 11.7 Å². The number of anilines is 1. The summed E-state index contributed by atoms with van der Waals surface area (Å²) < 4.78 is 23.6. The second kappa shape index (κ2) is 9.25. The monoisotopic (exact) mass is 440 g/mol. The number of urea groups is 1. The number of rotatable bonds is 8. The number of methoxy groups -OCH3 is 3. The third kappa shape index (κ3) is 4.23. The van der Waals surface area contributed by atoms with E-state index in [1.165, 1.54) is 32.6 Å². The average molecular weight is 441 g/mol. The molecule has 0 spiro atoms. The number of fused-ring (bicyclic) bond motifs is 1. The zero-order valence-corrected chi connectivity index (χ0v) is 18.8. The summed E-state index contributed by atoms with van der Waals surface area (Å²) in [5, 5.41) is 7.62. The molecule has 0 aliphatic heterocycles. The van der Waals surface area contributed by atoms with E-state index in [0.29, 0.717) is 41.8 Å². The van der Waals surface area contributed by atoms with Crippen LogP contribution in [0.15, 0.2) is 34.9 Å². The number of furan rings is 1. The summed E-state index contributed by atoms with van der Waals surface area (Å²) in [5.41, 5.74) is 3.95. The Morgan fingerprint density at radius 2 is 1.91 bits per heavy atom. The van der Waals surface area contributed by atoms with E-state index in [1.807, 2.05) is 23.9 Å². The van der Waals surface area contributed by atoms with Crippen LogP contribution in [0.4, 0.5) is 10.5 Å². The minimum atomic E-state index is -0.284. The lowest BCUT2D eigenvalue weighted by atomic mass is 10.2.